The molecule has 1 fully saturated rings. The van der Waals surface area contributed by atoms with Crippen molar-refractivity contribution in [2.45, 2.75) is 30.6 Å². The first-order valence-electron chi connectivity index (χ1n) is 8.96. The van der Waals surface area contributed by atoms with Crippen molar-refractivity contribution in [3.63, 3.8) is 0 Å². The third-order valence-corrected chi connectivity index (χ3v) is 7.90. The normalized spacial score (nSPS) is 15.7. The summed E-state index contributed by atoms with van der Waals surface area (Å²) in [7, 11) is -3.72. The van der Waals surface area contributed by atoms with Gasteiger partial charge in [-0.15, -0.1) is 0 Å². The summed E-state index contributed by atoms with van der Waals surface area (Å²) in [5.41, 5.74) is 0.257. The van der Waals surface area contributed by atoms with Crippen LogP contribution in [0.5, 0.6) is 0 Å². The molecular weight excluding hydrogens is 478 g/mol. The first-order valence-corrected chi connectivity index (χ1v) is 11.9. The highest BCUT2D eigenvalue weighted by Gasteiger charge is 2.27. The maximum absolute atomic E-state index is 13.0. The predicted molar refractivity (Wildman–Crippen MR) is 118 cm³/mol. The molecule has 1 amide bonds. The maximum Gasteiger partial charge on any atom is 0.257 e. The van der Waals surface area contributed by atoms with Crippen molar-refractivity contribution in [1.29, 1.82) is 0 Å². The molecule has 0 atom stereocenters. The number of nitrogens with zero attached hydrogens (tertiary/aromatic N) is 1. The van der Waals surface area contributed by atoms with Crippen LogP contribution in [-0.4, -0.2) is 31.7 Å². The molecule has 156 valence electrons. The maximum atomic E-state index is 13.0. The van der Waals surface area contributed by atoms with Gasteiger partial charge in [-0.05, 0) is 43.2 Å². The van der Waals surface area contributed by atoms with E-state index in [0.717, 1.165) is 25.7 Å². The monoisotopic (exact) mass is 494 g/mol. The Labute approximate surface area is 189 Å². The van der Waals surface area contributed by atoms with Crippen molar-refractivity contribution < 1.29 is 13.2 Å². The van der Waals surface area contributed by atoms with E-state index in [9.17, 15) is 13.2 Å². The molecule has 0 bridgehead atoms. The molecule has 0 unspecified atom stereocenters. The summed E-state index contributed by atoms with van der Waals surface area (Å²) in [6, 6.07) is 6.91. The Balaban J connectivity index is 1.90. The third kappa shape index (κ3) is 5.19. The van der Waals surface area contributed by atoms with E-state index in [1.54, 1.807) is 0 Å². The SMILES string of the molecule is O=C(Nc1cc(Cl)c(Cl)cc1Cl)c1cc(S(=O)(=O)N2CCCCCC2)ccc1Cl. The number of hydrogen-bond acceptors (Lipinski definition) is 3. The summed E-state index contributed by atoms with van der Waals surface area (Å²) >= 11 is 24.1. The number of amides is 1. The zero-order valence-electron chi connectivity index (χ0n) is 15.2. The smallest absolute Gasteiger partial charge is 0.257 e. The quantitative estimate of drug-likeness (QED) is 0.519. The van der Waals surface area contributed by atoms with E-state index >= 15 is 0 Å². The molecule has 2 aromatic carbocycles. The minimum Gasteiger partial charge on any atom is -0.321 e. The van der Waals surface area contributed by atoms with Crippen LogP contribution in [-0.2, 0) is 10.0 Å². The van der Waals surface area contributed by atoms with Gasteiger partial charge in [-0.2, -0.15) is 4.31 Å². The van der Waals surface area contributed by atoms with Gasteiger partial charge >= 0.3 is 0 Å². The molecule has 0 radical (unpaired) electrons. The molecule has 1 aliphatic heterocycles. The van der Waals surface area contributed by atoms with Crippen molar-refractivity contribution in [2.75, 3.05) is 18.4 Å². The van der Waals surface area contributed by atoms with Crippen LogP contribution >= 0.6 is 46.4 Å². The van der Waals surface area contributed by atoms with Crippen LogP contribution in [0.25, 0.3) is 0 Å². The predicted octanol–water partition coefficient (Wildman–Crippen LogP) is 6.12. The molecule has 3 rings (SSSR count). The van der Waals surface area contributed by atoms with E-state index in [1.807, 2.05) is 0 Å². The fraction of sp³-hybridized carbons (Fsp3) is 0.316. The van der Waals surface area contributed by atoms with Gasteiger partial charge in [0.25, 0.3) is 5.91 Å². The Morgan fingerprint density at radius 3 is 2.10 bits per heavy atom. The van der Waals surface area contributed by atoms with E-state index in [2.05, 4.69) is 5.32 Å². The first kappa shape index (κ1) is 22.7. The molecule has 1 aliphatic rings. The lowest BCUT2D eigenvalue weighted by Crippen LogP contribution is -2.32. The Bertz CT molecular complexity index is 1040. The highest BCUT2D eigenvalue weighted by atomic mass is 35.5. The summed E-state index contributed by atoms with van der Waals surface area (Å²) in [6.07, 6.45) is 3.64. The lowest BCUT2D eigenvalue weighted by molar-refractivity contribution is 0.102. The number of nitrogens with one attached hydrogen (secondary N) is 1. The Morgan fingerprint density at radius 2 is 1.45 bits per heavy atom. The molecule has 0 aromatic heterocycles. The zero-order chi connectivity index (χ0) is 21.2. The average Bonchev–Trinajstić information content (AvgIpc) is 2.96. The van der Waals surface area contributed by atoms with E-state index in [-0.39, 0.29) is 36.2 Å². The molecule has 0 saturated carbocycles. The summed E-state index contributed by atoms with van der Waals surface area (Å²) in [4.78, 5) is 12.8. The number of rotatable bonds is 4. The molecule has 5 nitrogen and oxygen atoms in total. The molecule has 1 N–H and O–H groups in total. The number of benzene rings is 2. The van der Waals surface area contributed by atoms with Crippen LogP contribution in [0.1, 0.15) is 36.0 Å². The second kappa shape index (κ2) is 9.41. The van der Waals surface area contributed by atoms with Crippen LogP contribution < -0.4 is 5.32 Å². The minimum absolute atomic E-state index is 0.0182. The number of anilines is 1. The van der Waals surface area contributed by atoms with Crippen LogP contribution in [0, 0.1) is 0 Å². The molecule has 29 heavy (non-hydrogen) atoms. The summed E-state index contributed by atoms with van der Waals surface area (Å²) in [5.74, 6) is -0.608. The standard InChI is InChI=1S/C19H18Cl4N2O3S/c20-14-6-5-12(29(27,28)25-7-3-1-2-4-8-25)9-13(14)19(26)24-18-11-16(22)15(21)10-17(18)23/h5-6,9-11H,1-4,7-8H2,(H,24,26). The summed E-state index contributed by atoms with van der Waals surface area (Å²) in [6.45, 7) is 0.927. The van der Waals surface area contributed by atoms with E-state index < -0.39 is 15.9 Å². The lowest BCUT2D eigenvalue weighted by Gasteiger charge is -2.20. The van der Waals surface area contributed by atoms with Crippen LogP contribution in [0.4, 0.5) is 5.69 Å². The van der Waals surface area contributed by atoms with Crippen molar-refractivity contribution in [3.8, 4) is 0 Å². The van der Waals surface area contributed by atoms with Crippen LogP contribution in [0.15, 0.2) is 35.2 Å². The van der Waals surface area contributed by atoms with Gasteiger partial charge in [0.1, 0.15) is 0 Å². The largest absolute Gasteiger partial charge is 0.321 e. The van der Waals surface area contributed by atoms with Crippen LogP contribution in [0.2, 0.25) is 20.1 Å². The van der Waals surface area contributed by atoms with Gasteiger partial charge in [0.15, 0.2) is 0 Å². The number of sulfonamides is 1. The van der Waals surface area contributed by atoms with E-state index in [4.69, 9.17) is 46.4 Å². The van der Waals surface area contributed by atoms with Gasteiger partial charge in [-0.3, -0.25) is 4.79 Å². The first-order chi connectivity index (χ1) is 13.7. The van der Waals surface area contributed by atoms with E-state index in [1.165, 1.54) is 34.6 Å². The van der Waals surface area contributed by atoms with Gasteiger partial charge in [0.05, 0.1) is 36.2 Å². The lowest BCUT2D eigenvalue weighted by atomic mass is 10.2. The average molecular weight is 496 g/mol. The molecule has 10 heteroatoms. The Morgan fingerprint density at radius 1 is 0.828 bits per heavy atom. The highest BCUT2D eigenvalue weighted by molar-refractivity contribution is 7.89. The minimum atomic E-state index is -3.72. The van der Waals surface area contributed by atoms with Gasteiger partial charge in [-0.1, -0.05) is 59.2 Å². The van der Waals surface area contributed by atoms with Crippen LogP contribution in [0.3, 0.4) is 0 Å². The molecule has 0 spiro atoms. The van der Waals surface area contributed by atoms with E-state index in [0.29, 0.717) is 13.1 Å². The van der Waals surface area contributed by atoms with Gasteiger partial charge in [0, 0.05) is 13.1 Å². The second-order valence-corrected chi connectivity index (χ2v) is 10.2. The molecule has 1 heterocycles. The number of carbonyl (C=O) groups is 1. The fourth-order valence-electron chi connectivity index (χ4n) is 3.08. The number of hydrogen-bond donors (Lipinski definition) is 1. The van der Waals surface area contributed by atoms with Gasteiger partial charge < -0.3 is 5.32 Å². The van der Waals surface area contributed by atoms with Gasteiger partial charge in [-0.25, -0.2) is 8.42 Å². The zero-order valence-corrected chi connectivity index (χ0v) is 19.1. The summed E-state index contributed by atoms with van der Waals surface area (Å²) < 4.78 is 27.5. The van der Waals surface area contributed by atoms with Crippen molar-refractivity contribution in [2.24, 2.45) is 0 Å². The Kier molecular flexibility index (Phi) is 7.36. The van der Waals surface area contributed by atoms with Gasteiger partial charge in [0.2, 0.25) is 10.0 Å². The molecular formula is C19H18Cl4N2O3S. The van der Waals surface area contributed by atoms with Crippen molar-refractivity contribution in [1.82, 2.24) is 4.31 Å². The highest BCUT2D eigenvalue weighted by Crippen LogP contribution is 2.33. The summed E-state index contributed by atoms with van der Waals surface area (Å²) in [5, 5.41) is 3.37. The van der Waals surface area contributed by atoms with Crippen molar-refractivity contribution >= 4 is 68.0 Å². The van der Waals surface area contributed by atoms with Crippen molar-refractivity contribution in [3.05, 3.63) is 56.0 Å². The Hall–Kier alpha value is -1.02. The molecule has 1 saturated heterocycles. The number of carbonyl (C=O) groups excluding carboxylic acids is 1. The molecule has 2 aromatic rings. The fourth-order valence-corrected chi connectivity index (χ4v) is 5.42. The third-order valence-electron chi connectivity index (χ3n) is 4.64. The molecule has 0 aliphatic carbocycles. The number of halogens is 4. The topological polar surface area (TPSA) is 66.5 Å². The second-order valence-electron chi connectivity index (χ2n) is 6.66.